The van der Waals surface area contributed by atoms with Crippen molar-refractivity contribution in [2.75, 3.05) is 0 Å². The van der Waals surface area contributed by atoms with Crippen LogP contribution < -0.4 is 5.32 Å². The molecule has 0 radical (unpaired) electrons. The zero-order valence-electron chi connectivity index (χ0n) is 16.5. The quantitative estimate of drug-likeness (QED) is 0.574. The first-order valence-corrected chi connectivity index (χ1v) is 8.20. The predicted molar refractivity (Wildman–Crippen MR) is 82.4 cm³/mol. The minimum absolute atomic E-state index is 0.544. The van der Waals surface area contributed by atoms with Gasteiger partial charge >= 0.3 is 24.5 Å². The Kier molecular flexibility index (Phi) is 5.80. The van der Waals surface area contributed by atoms with Gasteiger partial charge in [0.25, 0.3) is 5.78 Å². The van der Waals surface area contributed by atoms with Crippen molar-refractivity contribution >= 4 is 5.78 Å². The van der Waals surface area contributed by atoms with Gasteiger partial charge in [-0.2, -0.15) is 48.3 Å². The zero-order valence-corrected chi connectivity index (χ0v) is 16.5. The molecule has 30 heavy (non-hydrogen) atoms. The highest BCUT2D eigenvalue weighted by molar-refractivity contribution is 6.04. The fourth-order valence-electron chi connectivity index (χ4n) is 3.18. The highest BCUT2D eigenvalue weighted by atomic mass is 19.4. The molecule has 1 aliphatic rings. The van der Waals surface area contributed by atoms with Crippen molar-refractivity contribution in [2.45, 2.75) is 82.6 Å². The Bertz CT molecular complexity index is 733. The highest BCUT2D eigenvalue weighted by Crippen LogP contribution is 2.65. The van der Waals surface area contributed by atoms with Gasteiger partial charge in [0.1, 0.15) is 5.82 Å². The number of carbonyl (C=O) groups is 1. The maximum Gasteiger partial charge on any atom is 0.456 e. The number of Topliss-reactive ketones (excluding diaryl/α,β-unsaturated/α-hetero) is 1. The van der Waals surface area contributed by atoms with E-state index < -0.39 is 63.1 Å². The summed E-state index contributed by atoms with van der Waals surface area (Å²) in [6.45, 7) is 5.97. The van der Waals surface area contributed by atoms with E-state index in [1.165, 1.54) is 20.8 Å². The minimum Gasteiger partial charge on any atom is -0.367 e. The van der Waals surface area contributed by atoms with E-state index in [-0.39, 0.29) is 0 Å². The van der Waals surface area contributed by atoms with Gasteiger partial charge in [0, 0.05) is 11.1 Å². The number of halogens is 11. The van der Waals surface area contributed by atoms with E-state index in [4.69, 9.17) is 0 Å². The molecule has 1 N–H and O–H groups in total. The average Bonchev–Trinajstić information content (AvgIpc) is 2.35. The van der Waals surface area contributed by atoms with Crippen LogP contribution >= 0.6 is 0 Å². The van der Waals surface area contributed by atoms with Crippen LogP contribution in [0.2, 0.25) is 0 Å². The fourth-order valence-corrected chi connectivity index (χ4v) is 3.18. The third kappa shape index (κ3) is 3.81. The molecular formula is C16H19F11N2O. The molecule has 1 atom stereocenters. The van der Waals surface area contributed by atoms with Gasteiger partial charge in [0.15, 0.2) is 0 Å². The SMILES string of the molecule is CC(C)(C)NC1=C(C(=O)C(F)(F)F)C(C(F)(F)F)(C(F)(F)C(F)(F)F)N1C(C)(C)C. The predicted octanol–water partition coefficient (Wildman–Crippen LogP) is 5.33. The van der Waals surface area contributed by atoms with Gasteiger partial charge in [0.2, 0.25) is 5.54 Å². The Hall–Kier alpha value is -1.76. The van der Waals surface area contributed by atoms with E-state index in [2.05, 4.69) is 0 Å². The Morgan fingerprint density at radius 1 is 0.800 bits per heavy atom. The molecule has 3 nitrogen and oxygen atoms in total. The molecule has 0 aromatic rings. The van der Waals surface area contributed by atoms with Crippen LogP contribution in [-0.2, 0) is 4.79 Å². The van der Waals surface area contributed by atoms with Crippen molar-refractivity contribution < 1.29 is 53.1 Å². The van der Waals surface area contributed by atoms with Crippen LogP contribution in [0, 0.1) is 0 Å². The number of nitrogens with one attached hydrogen (secondary N) is 1. The van der Waals surface area contributed by atoms with Crippen LogP contribution in [-0.4, -0.2) is 51.8 Å². The summed E-state index contributed by atoms with van der Waals surface area (Å²) >= 11 is 0. The molecule has 0 aromatic heterocycles. The summed E-state index contributed by atoms with van der Waals surface area (Å²) in [6, 6.07) is 0. The van der Waals surface area contributed by atoms with Gasteiger partial charge in [-0.3, -0.25) is 4.79 Å². The normalized spacial score (nSPS) is 22.2. The molecule has 0 saturated carbocycles. The van der Waals surface area contributed by atoms with Crippen molar-refractivity contribution in [3.05, 3.63) is 11.4 Å². The van der Waals surface area contributed by atoms with Crippen molar-refractivity contribution in [1.29, 1.82) is 0 Å². The van der Waals surface area contributed by atoms with Gasteiger partial charge < -0.3 is 10.2 Å². The molecule has 0 amide bonds. The maximum absolute atomic E-state index is 14.4. The van der Waals surface area contributed by atoms with Crippen LogP contribution in [0.1, 0.15) is 41.5 Å². The van der Waals surface area contributed by atoms with Crippen molar-refractivity contribution in [2.24, 2.45) is 0 Å². The Morgan fingerprint density at radius 2 is 1.20 bits per heavy atom. The molecule has 1 heterocycles. The maximum atomic E-state index is 14.4. The molecule has 0 aromatic carbocycles. The monoisotopic (exact) mass is 464 g/mol. The number of ketones is 1. The summed E-state index contributed by atoms with van der Waals surface area (Å²) in [5.41, 5.74) is -12.0. The molecule has 0 aliphatic carbocycles. The zero-order chi connectivity index (χ0) is 24.5. The lowest BCUT2D eigenvalue weighted by Crippen LogP contribution is -2.84. The minimum atomic E-state index is -6.93. The fraction of sp³-hybridized carbons (Fsp3) is 0.812. The number of nitrogens with zero attached hydrogens (tertiary/aromatic N) is 1. The topological polar surface area (TPSA) is 32.3 Å². The number of carbonyl (C=O) groups excluding carboxylic acids is 1. The molecule has 14 heteroatoms. The molecule has 0 fully saturated rings. The van der Waals surface area contributed by atoms with Crippen molar-refractivity contribution in [3.8, 4) is 0 Å². The standard InChI is InChI=1S/C16H19F11N2O/c1-10(2,3)28-9-7(8(30)13(17,18)19)12(15(22,23)24,29(9)11(4,5)6)14(20,21)16(25,26)27/h28H,1-6H3. The van der Waals surface area contributed by atoms with E-state index in [0.29, 0.717) is 0 Å². The molecule has 0 bridgehead atoms. The Morgan fingerprint density at radius 3 is 1.43 bits per heavy atom. The van der Waals surface area contributed by atoms with E-state index >= 15 is 0 Å². The summed E-state index contributed by atoms with van der Waals surface area (Å²) < 4.78 is 149. The van der Waals surface area contributed by atoms with Gasteiger partial charge in [0.05, 0.1) is 5.57 Å². The van der Waals surface area contributed by atoms with E-state index in [1.807, 2.05) is 5.32 Å². The molecular weight excluding hydrogens is 445 g/mol. The number of hydrogen-bond acceptors (Lipinski definition) is 3. The molecule has 176 valence electrons. The van der Waals surface area contributed by atoms with Gasteiger partial charge in [-0.1, -0.05) is 0 Å². The lowest BCUT2D eigenvalue weighted by atomic mass is 9.69. The van der Waals surface area contributed by atoms with Gasteiger partial charge in [-0.05, 0) is 41.5 Å². The van der Waals surface area contributed by atoms with Gasteiger partial charge in [-0.15, -0.1) is 0 Å². The molecule has 1 unspecified atom stereocenters. The van der Waals surface area contributed by atoms with Crippen molar-refractivity contribution in [3.63, 3.8) is 0 Å². The lowest BCUT2D eigenvalue weighted by molar-refractivity contribution is -0.384. The molecule has 1 aliphatic heterocycles. The summed E-state index contributed by atoms with van der Waals surface area (Å²) in [7, 11) is 0. The van der Waals surface area contributed by atoms with E-state index in [1.54, 1.807) is 0 Å². The second kappa shape index (κ2) is 6.62. The Balaban J connectivity index is 4.25. The Labute approximate surface area is 164 Å². The first kappa shape index (κ1) is 26.3. The summed E-state index contributed by atoms with van der Waals surface area (Å²) in [6.07, 6.45) is -19.7. The molecule has 0 spiro atoms. The van der Waals surface area contributed by atoms with Crippen molar-refractivity contribution in [1.82, 2.24) is 10.2 Å². The van der Waals surface area contributed by atoms with E-state index in [9.17, 15) is 53.1 Å². The molecule has 0 saturated heterocycles. The number of hydrogen-bond donors (Lipinski definition) is 1. The summed E-state index contributed by atoms with van der Waals surface area (Å²) in [4.78, 5) is 11.3. The van der Waals surface area contributed by atoms with Gasteiger partial charge in [-0.25, -0.2) is 0 Å². The smallest absolute Gasteiger partial charge is 0.367 e. The first-order chi connectivity index (χ1) is 12.7. The van der Waals surface area contributed by atoms with Crippen LogP contribution in [0.4, 0.5) is 48.3 Å². The third-order valence-corrected chi connectivity index (χ3v) is 4.03. The summed E-state index contributed by atoms with van der Waals surface area (Å²) in [5, 5.41) is 2.05. The summed E-state index contributed by atoms with van der Waals surface area (Å²) in [5.74, 6) is -11.7. The lowest BCUT2D eigenvalue weighted by Gasteiger charge is -2.63. The van der Waals surface area contributed by atoms with Crippen LogP contribution in [0.3, 0.4) is 0 Å². The van der Waals surface area contributed by atoms with Crippen LogP contribution in [0.15, 0.2) is 11.4 Å². The van der Waals surface area contributed by atoms with Crippen LogP contribution in [0.25, 0.3) is 0 Å². The molecule has 1 rings (SSSR count). The second-order valence-electron chi connectivity index (χ2n) is 8.71. The second-order valence-corrected chi connectivity index (χ2v) is 8.71. The highest BCUT2D eigenvalue weighted by Gasteiger charge is 2.89. The third-order valence-electron chi connectivity index (χ3n) is 4.03. The number of rotatable bonds is 3. The first-order valence-electron chi connectivity index (χ1n) is 8.20. The van der Waals surface area contributed by atoms with E-state index in [0.717, 1.165) is 20.8 Å². The van der Waals surface area contributed by atoms with Crippen LogP contribution in [0.5, 0.6) is 0 Å². The largest absolute Gasteiger partial charge is 0.456 e. The average molecular weight is 464 g/mol. The number of alkyl halides is 11.